The standard InChI is InChI=1S/C13H18F2N2O/c14-13(15)18-12-6-2-1-4-10(12)9-17-7-3-5-11(17)8-16/h1-2,4,6,11,13H,3,5,7-9,16H2. The van der Waals surface area contributed by atoms with E-state index in [-0.39, 0.29) is 5.75 Å². The van der Waals surface area contributed by atoms with E-state index < -0.39 is 6.61 Å². The predicted octanol–water partition coefficient (Wildman–Crippen LogP) is 2.21. The number of benzene rings is 1. The van der Waals surface area contributed by atoms with Gasteiger partial charge in [-0.25, -0.2) is 0 Å². The molecule has 0 bridgehead atoms. The number of rotatable bonds is 5. The highest BCUT2D eigenvalue weighted by atomic mass is 19.3. The molecule has 2 rings (SSSR count). The Morgan fingerprint density at radius 1 is 1.39 bits per heavy atom. The normalized spacial score (nSPS) is 20.6. The van der Waals surface area contributed by atoms with Gasteiger partial charge in [-0.1, -0.05) is 18.2 Å². The van der Waals surface area contributed by atoms with Gasteiger partial charge in [-0.15, -0.1) is 0 Å². The Balaban J connectivity index is 2.08. The third kappa shape index (κ3) is 3.17. The third-order valence-electron chi connectivity index (χ3n) is 3.33. The lowest BCUT2D eigenvalue weighted by atomic mass is 10.1. The van der Waals surface area contributed by atoms with Gasteiger partial charge < -0.3 is 10.5 Å². The van der Waals surface area contributed by atoms with E-state index in [1.807, 2.05) is 12.1 Å². The van der Waals surface area contributed by atoms with Gasteiger partial charge in [0.05, 0.1) is 0 Å². The van der Waals surface area contributed by atoms with Crippen molar-refractivity contribution < 1.29 is 13.5 Å². The summed E-state index contributed by atoms with van der Waals surface area (Å²) in [4.78, 5) is 2.23. The molecule has 0 saturated carbocycles. The first-order chi connectivity index (χ1) is 8.70. The summed E-state index contributed by atoms with van der Waals surface area (Å²) in [5.74, 6) is 0.259. The minimum absolute atomic E-state index is 0.259. The van der Waals surface area contributed by atoms with Crippen molar-refractivity contribution in [1.29, 1.82) is 0 Å². The van der Waals surface area contributed by atoms with Gasteiger partial charge >= 0.3 is 6.61 Å². The van der Waals surface area contributed by atoms with Crippen LogP contribution in [0.1, 0.15) is 18.4 Å². The third-order valence-corrected chi connectivity index (χ3v) is 3.33. The van der Waals surface area contributed by atoms with Crippen LogP contribution in [0.15, 0.2) is 24.3 Å². The quantitative estimate of drug-likeness (QED) is 0.877. The molecule has 0 amide bonds. The van der Waals surface area contributed by atoms with E-state index >= 15 is 0 Å². The van der Waals surface area contributed by atoms with Crippen molar-refractivity contribution in [2.45, 2.75) is 32.0 Å². The summed E-state index contributed by atoms with van der Waals surface area (Å²) in [5, 5.41) is 0. The fourth-order valence-corrected chi connectivity index (χ4v) is 2.43. The summed E-state index contributed by atoms with van der Waals surface area (Å²) in [6, 6.07) is 7.29. The average Bonchev–Trinajstić information content (AvgIpc) is 2.78. The lowest BCUT2D eigenvalue weighted by Crippen LogP contribution is -2.34. The van der Waals surface area contributed by atoms with Gasteiger partial charge in [0.25, 0.3) is 0 Å². The van der Waals surface area contributed by atoms with Crippen LogP contribution >= 0.6 is 0 Å². The van der Waals surface area contributed by atoms with Crippen LogP contribution in [0.25, 0.3) is 0 Å². The molecular formula is C13H18F2N2O. The molecule has 18 heavy (non-hydrogen) atoms. The van der Waals surface area contributed by atoms with E-state index in [2.05, 4.69) is 9.64 Å². The minimum atomic E-state index is -2.78. The Hall–Kier alpha value is -1.20. The molecule has 3 nitrogen and oxygen atoms in total. The smallest absolute Gasteiger partial charge is 0.387 e. The summed E-state index contributed by atoms with van der Waals surface area (Å²) < 4.78 is 29.1. The molecule has 2 N–H and O–H groups in total. The average molecular weight is 256 g/mol. The number of nitrogens with zero attached hydrogens (tertiary/aromatic N) is 1. The number of nitrogens with two attached hydrogens (primary N) is 1. The maximum Gasteiger partial charge on any atom is 0.387 e. The molecule has 1 aromatic rings. The zero-order chi connectivity index (χ0) is 13.0. The van der Waals surface area contributed by atoms with E-state index in [0.29, 0.717) is 19.1 Å². The summed E-state index contributed by atoms with van der Waals surface area (Å²) in [6.07, 6.45) is 2.19. The number of para-hydroxylation sites is 1. The first-order valence-corrected chi connectivity index (χ1v) is 6.17. The fraction of sp³-hybridized carbons (Fsp3) is 0.538. The molecule has 0 spiro atoms. The van der Waals surface area contributed by atoms with Crippen LogP contribution in [0.2, 0.25) is 0 Å². The summed E-state index contributed by atoms with van der Waals surface area (Å²) >= 11 is 0. The summed E-state index contributed by atoms with van der Waals surface area (Å²) in [7, 11) is 0. The maximum absolute atomic E-state index is 12.3. The molecule has 1 fully saturated rings. The predicted molar refractivity (Wildman–Crippen MR) is 65.6 cm³/mol. The number of likely N-dealkylation sites (tertiary alicyclic amines) is 1. The topological polar surface area (TPSA) is 38.5 Å². The van der Waals surface area contributed by atoms with Gasteiger partial charge in [-0.05, 0) is 25.5 Å². The zero-order valence-corrected chi connectivity index (χ0v) is 10.2. The van der Waals surface area contributed by atoms with E-state index in [1.165, 1.54) is 0 Å². The SMILES string of the molecule is NCC1CCCN1Cc1ccccc1OC(F)F. The van der Waals surface area contributed by atoms with Gasteiger partial charge in [0, 0.05) is 24.7 Å². The van der Waals surface area contributed by atoms with Crippen molar-refractivity contribution in [2.24, 2.45) is 5.73 Å². The van der Waals surface area contributed by atoms with Gasteiger partial charge in [-0.2, -0.15) is 8.78 Å². The van der Waals surface area contributed by atoms with Crippen LogP contribution in [0, 0.1) is 0 Å². The van der Waals surface area contributed by atoms with E-state index in [0.717, 1.165) is 24.9 Å². The lowest BCUT2D eigenvalue weighted by Gasteiger charge is -2.24. The molecule has 1 atom stereocenters. The molecular weight excluding hydrogens is 238 g/mol. The Kier molecular flexibility index (Phi) is 4.49. The van der Waals surface area contributed by atoms with Crippen LogP contribution in [0.3, 0.4) is 0 Å². The summed E-state index contributed by atoms with van der Waals surface area (Å²) in [6.45, 7) is -0.594. The largest absolute Gasteiger partial charge is 0.434 e. The second kappa shape index (κ2) is 6.11. The number of ether oxygens (including phenoxy) is 1. The molecule has 1 aliphatic heterocycles. The minimum Gasteiger partial charge on any atom is -0.434 e. The first kappa shape index (κ1) is 13.2. The van der Waals surface area contributed by atoms with Gasteiger partial charge in [0.1, 0.15) is 5.75 Å². The molecule has 0 aliphatic carbocycles. The van der Waals surface area contributed by atoms with Gasteiger partial charge in [-0.3, -0.25) is 4.90 Å². The highest BCUT2D eigenvalue weighted by Crippen LogP contribution is 2.25. The van der Waals surface area contributed by atoms with Crippen LogP contribution in [0.4, 0.5) is 8.78 Å². The summed E-state index contributed by atoms with van der Waals surface area (Å²) in [5.41, 5.74) is 6.49. The van der Waals surface area contributed by atoms with E-state index in [1.54, 1.807) is 12.1 Å². The van der Waals surface area contributed by atoms with Gasteiger partial charge in [0.15, 0.2) is 0 Å². The zero-order valence-electron chi connectivity index (χ0n) is 10.2. The van der Waals surface area contributed by atoms with E-state index in [4.69, 9.17) is 5.73 Å². The molecule has 1 saturated heterocycles. The number of alkyl halides is 2. The monoisotopic (exact) mass is 256 g/mol. The second-order valence-corrected chi connectivity index (χ2v) is 4.49. The van der Waals surface area contributed by atoms with Crippen molar-refractivity contribution in [3.8, 4) is 5.75 Å². The molecule has 0 radical (unpaired) electrons. The lowest BCUT2D eigenvalue weighted by molar-refractivity contribution is -0.0508. The highest BCUT2D eigenvalue weighted by molar-refractivity contribution is 5.33. The Labute approximate surface area is 106 Å². The van der Waals surface area contributed by atoms with E-state index in [9.17, 15) is 8.78 Å². The molecule has 0 aromatic heterocycles. The molecule has 1 unspecified atom stereocenters. The Morgan fingerprint density at radius 3 is 2.89 bits per heavy atom. The molecule has 1 heterocycles. The van der Waals surface area contributed by atoms with Crippen LogP contribution in [0.5, 0.6) is 5.75 Å². The first-order valence-electron chi connectivity index (χ1n) is 6.17. The number of halogens is 2. The second-order valence-electron chi connectivity index (χ2n) is 4.49. The van der Waals surface area contributed by atoms with Crippen LogP contribution < -0.4 is 10.5 Å². The van der Waals surface area contributed by atoms with Crippen molar-refractivity contribution >= 4 is 0 Å². The molecule has 100 valence electrons. The molecule has 1 aliphatic rings. The van der Waals surface area contributed by atoms with Gasteiger partial charge in [0.2, 0.25) is 0 Å². The van der Waals surface area contributed by atoms with Crippen molar-refractivity contribution in [3.05, 3.63) is 29.8 Å². The van der Waals surface area contributed by atoms with Crippen LogP contribution in [-0.2, 0) is 6.54 Å². The fourth-order valence-electron chi connectivity index (χ4n) is 2.43. The highest BCUT2D eigenvalue weighted by Gasteiger charge is 2.24. The number of hydrogen-bond acceptors (Lipinski definition) is 3. The maximum atomic E-state index is 12.3. The Bertz CT molecular complexity index is 387. The Morgan fingerprint density at radius 2 is 2.17 bits per heavy atom. The van der Waals surface area contributed by atoms with Crippen molar-refractivity contribution in [2.75, 3.05) is 13.1 Å². The number of hydrogen-bond donors (Lipinski definition) is 1. The van der Waals surface area contributed by atoms with Crippen molar-refractivity contribution in [1.82, 2.24) is 4.90 Å². The van der Waals surface area contributed by atoms with Crippen LogP contribution in [-0.4, -0.2) is 30.6 Å². The molecule has 1 aromatic carbocycles. The van der Waals surface area contributed by atoms with Crippen molar-refractivity contribution in [3.63, 3.8) is 0 Å². The molecule has 5 heteroatoms.